The van der Waals surface area contributed by atoms with Crippen LogP contribution in [-0.4, -0.2) is 37.6 Å². The van der Waals surface area contributed by atoms with Crippen LogP contribution in [-0.2, 0) is 10.7 Å². The molecular formula is C4H10NO3S. The van der Waals surface area contributed by atoms with Crippen molar-refractivity contribution in [3.63, 3.8) is 0 Å². The Kier molecular flexibility index (Phi) is 2.60. The quantitative estimate of drug-likeness (QED) is 0.379. The molecule has 0 aromatic rings. The fraction of sp³-hybridized carbons (Fsp3) is 0.750. The molecule has 9 heavy (non-hydrogen) atoms. The number of hydrogen-bond donors (Lipinski definition) is 2. The summed E-state index contributed by atoms with van der Waals surface area (Å²) in [5.41, 5.74) is 0. The van der Waals surface area contributed by atoms with Crippen molar-refractivity contribution in [2.24, 2.45) is 0 Å². The highest BCUT2D eigenvalue weighted by Crippen LogP contribution is 2.04. The molecule has 1 radical (unpaired) electrons. The molecule has 0 heterocycles. The zero-order valence-corrected chi connectivity index (χ0v) is 6.26. The zero-order chi connectivity index (χ0) is 7.65. The Morgan fingerprint density at radius 1 is 1.56 bits per heavy atom. The minimum atomic E-state index is -2.91. The van der Waals surface area contributed by atoms with Gasteiger partial charge in [0.1, 0.15) is 0 Å². The molecule has 0 aromatic carbocycles. The molecule has 1 unspecified atom stereocenters. The summed E-state index contributed by atoms with van der Waals surface area (Å²) >= 11 is 0. The highest BCUT2D eigenvalue weighted by Gasteiger charge is 2.26. The predicted octanol–water partition coefficient (Wildman–Crippen LogP) is -1.36. The zero-order valence-electron chi connectivity index (χ0n) is 5.37. The van der Waals surface area contributed by atoms with Crippen LogP contribution in [0.4, 0.5) is 0 Å². The Morgan fingerprint density at radius 3 is 1.89 bits per heavy atom. The molecule has 0 spiro atoms. The second kappa shape index (κ2) is 2.64. The van der Waals surface area contributed by atoms with Gasteiger partial charge in [-0.25, -0.2) is 8.42 Å². The Balaban J connectivity index is 4.38. The van der Waals surface area contributed by atoms with E-state index >= 15 is 0 Å². The standard InChI is InChI=1S/C4H10NO3S/c1-4(6,5(2)3)9(7)8/h6,9H,1H2,2-3H3. The van der Waals surface area contributed by atoms with Crippen LogP contribution < -0.4 is 0 Å². The molecule has 55 valence electrons. The highest BCUT2D eigenvalue weighted by atomic mass is 32.2. The maximum atomic E-state index is 10.1. The van der Waals surface area contributed by atoms with Crippen LogP contribution in [0.1, 0.15) is 0 Å². The van der Waals surface area contributed by atoms with Crippen LogP contribution >= 0.6 is 0 Å². The maximum absolute atomic E-state index is 10.1. The maximum Gasteiger partial charge on any atom is 0.219 e. The van der Waals surface area contributed by atoms with Gasteiger partial charge in [0.05, 0.1) is 0 Å². The van der Waals surface area contributed by atoms with E-state index in [-0.39, 0.29) is 0 Å². The Labute approximate surface area is 56.0 Å². The van der Waals surface area contributed by atoms with Crippen molar-refractivity contribution in [2.45, 2.75) is 5.06 Å². The van der Waals surface area contributed by atoms with Crippen LogP contribution in [0, 0.1) is 6.92 Å². The van der Waals surface area contributed by atoms with Gasteiger partial charge in [-0.05, 0) is 14.1 Å². The van der Waals surface area contributed by atoms with Crippen molar-refractivity contribution in [1.29, 1.82) is 0 Å². The van der Waals surface area contributed by atoms with E-state index in [9.17, 15) is 8.42 Å². The first-order valence-electron chi connectivity index (χ1n) is 2.28. The van der Waals surface area contributed by atoms with Gasteiger partial charge in [0, 0.05) is 6.92 Å². The topological polar surface area (TPSA) is 57.6 Å². The lowest BCUT2D eigenvalue weighted by Crippen LogP contribution is -2.42. The highest BCUT2D eigenvalue weighted by molar-refractivity contribution is 7.73. The lowest BCUT2D eigenvalue weighted by atomic mass is 10.6. The van der Waals surface area contributed by atoms with Gasteiger partial charge >= 0.3 is 0 Å². The van der Waals surface area contributed by atoms with Crippen molar-refractivity contribution in [2.75, 3.05) is 14.1 Å². The van der Waals surface area contributed by atoms with E-state index in [1.807, 2.05) is 0 Å². The monoisotopic (exact) mass is 152 g/mol. The van der Waals surface area contributed by atoms with Crippen molar-refractivity contribution >= 4 is 10.7 Å². The number of nitrogens with zero attached hydrogens (tertiary/aromatic N) is 1. The molecule has 1 N–H and O–H groups in total. The van der Waals surface area contributed by atoms with Crippen LogP contribution in [0.25, 0.3) is 0 Å². The fourth-order valence-electron chi connectivity index (χ4n) is 0.163. The summed E-state index contributed by atoms with van der Waals surface area (Å²) in [5, 5.41) is 6.92. The summed E-state index contributed by atoms with van der Waals surface area (Å²) in [6.07, 6.45) is 0. The SMILES string of the molecule is [CH2]C(O)(N(C)C)[SH](=O)=O. The van der Waals surface area contributed by atoms with Gasteiger partial charge < -0.3 is 5.11 Å². The third-order valence-electron chi connectivity index (χ3n) is 1.01. The lowest BCUT2D eigenvalue weighted by molar-refractivity contribution is 0.0392. The summed E-state index contributed by atoms with van der Waals surface area (Å²) < 4.78 is 20.3. The fourth-order valence-corrected chi connectivity index (χ4v) is 0.490. The first-order chi connectivity index (χ1) is 3.89. The molecule has 0 bridgehead atoms. The smallest absolute Gasteiger partial charge is 0.219 e. The molecule has 0 aliphatic rings. The van der Waals surface area contributed by atoms with E-state index in [0.29, 0.717) is 0 Å². The van der Waals surface area contributed by atoms with Gasteiger partial charge in [-0.3, -0.25) is 4.90 Å². The minimum Gasteiger partial charge on any atom is -0.363 e. The van der Waals surface area contributed by atoms with Crippen LogP contribution in [0.2, 0.25) is 0 Å². The van der Waals surface area contributed by atoms with Gasteiger partial charge in [-0.2, -0.15) is 0 Å². The molecular weight excluding hydrogens is 142 g/mol. The molecule has 0 amide bonds. The molecule has 0 saturated heterocycles. The summed E-state index contributed by atoms with van der Waals surface area (Å²) in [6.45, 7) is 3.05. The van der Waals surface area contributed by atoms with Gasteiger partial charge in [-0.1, -0.05) is 0 Å². The third kappa shape index (κ3) is 1.92. The predicted molar refractivity (Wildman–Crippen MR) is 34.3 cm³/mol. The Bertz CT molecular complexity index is 153. The number of rotatable bonds is 2. The van der Waals surface area contributed by atoms with Crippen LogP contribution in [0.3, 0.4) is 0 Å². The van der Waals surface area contributed by atoms with E-state index in [1.165, 1.54) is 14.1 Å². The van der Waals surface area contributed by atoms with Crippen molar-refractivity contribution in [3.8, 4) is 0 Å². The minimum absolute atomic E-state index is 1.11. The van der Waals surface area contributed by atoms with E-state index in [2.05, 4.69) is 6.92 Å². The molecule has 0 aromatic heterocycles. The third-order valence-corrected chi connectivity index (χ3v) is 1.99. The molecule has 5 heteroatoms. The van der Waals surface area contributed by atoms with Crippen LogP contribution in [0.15, 0.2) is 0 Å². The normalized spacial score (nSPS) is 18.4. The van der Waals surface area contributed by atoms with Crippen molar-refractivity contribution < 1.29 is 13.5 Å². The summed E-state index contributed by atoms with van der Waals surface area (Å²) in [4.78, 5) is 1.11. The molecule has 0 rings (SSSR count). The van der Waals surface area contributed by atoms with Crippen molar-refractivity contribution in [1.82, 2.24) is 4.90 Å². The molecule has 0 aliphatic carbocycles. The number of hydrogen-bond acceptors (Lipinski definition) is 4. The number of thiol groups is 1. The van der Waals surface area contributed by atoms with Crippen molar-refractivity contribution in [3.05, 3.63) is 6.92 Å². The molecule has 1 atom stereocenters. The van der Waals surface area contributed by atoms with Gasteiger partial charge in [0.2, 0.25) is 5.06 Å². The summed E-state index contributed by atoms with van der Waals surface area (Å²) in [5.74, 6) is 0. The largest absolute Gasteiger partial charge is 0.363 e. The number of aliphatic hydroxyl groups is 1. The Morgan fingerprint density at radius 2 is 1.89 bits per heavy atom. The molecule has 0 saturated carbocycles. The molecule has 0 aliphatic heterocycles. The summed E-state index contributed by atoms with van der Waals surface area (Å²) in [7, 11) is -0.0554. The van der Waals surface area contributed by atoms with Gasteiger partial charge in [-0.15, -0.1) is 0 Å². The van der Waals surface area contributed by atoms with E-state index in [1.54, 1.807) is 0 Å². The molecule has 0 fully saturated rings. The average Bonchev–Trinajstić information content (AvgIpc) is 1.65. The molecule has 4 nitrogen and oxygen atoms in total. The second-order valence-electron chi connectivity index (χ2n) is 1.93. The Hall–Kier alpha value is -0.130. The first kappa shape index (κ1) is 8.87. The van der Waals surface area contributed by atoms with E-state index in [4.69, 9.17) is 5.11 Å². The summed E-state index contributed by atoms with van der Waals surface area (Å²) in [6, 6.07) is 0. The lowest BCUT2D eigenvalue weighted by Gasteiger charge is -2.23. The second-order valence-corrected chi connectivity index (χ2v) is 3.16. The van der Waals surface area contributed by atoms with Gasteiger partial charge in [0.25, 0.3) is 0 Å². The average molecular weight is 152 g/mol. The van der Waals surface area contributed by atoms with Gasteiger partial charge in [0.15, 0.2) is 10.7 Å². The van der Waals surface area contributed by atoms with E-state index in [0.717, 1.165) is 4.90 Å². The van der Waals surface area contributed by atoms with E-state index < -0.39 is 15.8 Å². The van der Waals surface area contributed by atoms with Crippen LogP contribution in [0.5, 0.6) is 0 Å². The first-order valence-corrected chi connectivity index (χ1v) is 3.46.